The highest BCUT2D eigenvalue weighted by atomic mass is 16.4. The van der Waals surface area contributed by atoms with E-state index in [0.717, 1.165) is 11.3 Å². The number of carbonyl (C=O) groups is 1. The van der Waals surface area contributed by atoms with Gasteiger partial charge in [0.2, 0.25) is 0 Å². The van der Waals surface area contributed by atoms with Crippen LogP contribution in [0.4, 0.5) is 0 Å². The van der Waals surface area contributed by atoms with Crippen LogP contribution in [0.5, 0.6) is 0 Å². The molecule has 0 aromatic carbocycles. The lowest BCUT2D eigenvalue weighted by molar-refractivity contribution is 0.0695. The van der Waals surface area contributed by atoms with Crippen LogP contribution in [-0.2, 0) is 0 Å². The molecular formula is C12H11NO4. The van der Waals surface area contributed by atoms with Gasteiger partial charge >= 0.3 is 5.97 Å². The highest BCUT2D eigenvalue weighted by molar-refractivity contribution is 5.87. The highest BCUT2D eigenvalue weighted by Gasteiger charge is 2.12. The van der Waals surface area contributed by atoms with E-state index < -0.39 is 11.5 Å². The van der Waals surface area contributed by atoms with Crippen molar-refractivity contribution in [1.29, 1.82) is 0 Å². The van der Waals surface area contributed by atoms with Gasteiger partial charge in [0.25, 0.3) is 5.56 Å². The Labute approximate surface area is 96.7 Å². The maximum atomic E-state index is 11.5. The number of nitrogens with one attached hydrogen (secondary N) is 1. The van der Waals surface area contributed by atoms with Crippen molar-refractivity contribution in [3.05, 3.63) is 45.6 Å². The molecule has 0 radical (unpaired) electrons. The summed E-state index contributed by atoms with van der Waals surface area (Å²) in [5.74, 6) is 0.180. The summed E-state index contributed by atoms with van der Waals surface area (Å²) in [4.78, 5) is 24.7. The molecule has 5 nitrogen and oxygen atoms in total. The summed E-state index contributed by atoms with van der Waals surface area (Å²) in [7, 11) is 0. The monoisotopic (exact) mass is 233 g/mol. The smallest absolute Gasteiger partial charge is 0.341 e. The Kier molecular flexibility index (Phi) is 2.59. The number of pyridine rings is 1. The number of hydrogen-bond acceptors (Lipinski definition) is 3. The van der Waals surface area contributed by atoms with Crippen LogP contribution in [0, 0.1) is 13.8 Å². The molecule has 0 aliphatic heterocycles. The number of hydrogen-bond donors (Lipinski definition) is 2. The fraction of sp³-hybridized carbons (Fsp3) is 0.167. The van der Waals surface area contributed by atoms with Gasteiger partial charge < -0.3 is 14.5 Å². The molecule has 17 heavy (non-hydrogen) atoms. The van der Waals surface area contributed by atoms with Gasteiger partial charge in [0.05, 0.1) is 5.69 Å². The van der Waals surface area contributed by atoms with E-state index in [0.29, 0.717) is 11.5 Å². The molecule has 0 aliphatic rings. The minimum atomic E-state index is -1.24. The largest absolute Gasteiger partial charge is 0.477 e. The summed E-state index contributed by atoms with van der Waals surface area (Å²) in [6.07, 6.45) is 0. The van der Waals surface area contributed by atoms with E-state index >= 15 is 0 Å². The van der Waals surface area contributed by atoms with E-state index in [1.165, 1.54) is 6.07 Å². The van der Waals surface area contributed by atoms with Gasteiger partial charge in [-0.3, -0.25) is 4.79 Å². The molecule has 0 saturated carbocycles. The predicted octanol–water partition coefficient (Wildman–Crippen LogP) is 1.95. The molecule has 2 heterocycles. The SMILES string of the molecule is Cc1cc(-c2ccc(C(=O)O)c(=O)[nH]2)c(C)o1. The molecule has 0 aliphatic carbocycles. The summed E-state index contributed by atoms with van der Waals surface area (Å²) in [5, 5.41) is 8.75. The molecule has 0 fully saturated rings. The van der Waals surface area contributed by atoms with E-state index in [1.807, 2.05) is 0 Å². The zero-order valence-electron chi connectivity index (χ0n) is 9.40. The average molecular weight is 233 g/mol. The van der Waals surface area contributed by atoms with Gasteiger partial charge in [0.15, 0.2) is 0 Å². The van der Waals surface area contributed by atoms with Crippen LogP contribution in [0.3, 0.4) is 0 Å². The Balaban J connectivity index is 2.56. The zero-order chi connectivity index (χ0) is 12.6. The molecule has 5 heteroatoms. The van der Waals surface area contributed by atoms with Crippen molar-refractivity contribution in [3.63, 3.8) is 0 Å². The first-order valence-corrected chi connectivity index (χ1v) is 5.03. The van der Waals surface area contributed by atoms with Crippen molar-refractivity contribution >= 4 is 5.97 Å². The van der Waals surface area contributed by atoms with Crippen LogP contribution in [-0.4, -0.2) is 16.1 Å². The normalized spacial score (nSPS) is 10.5. The van der Waals surface area contributed by atoms with Gasteiger partial charge in [-0.25, -0.2) is 4.79 Å². The maximum Gasteiger partial charge on any atom is 0.341 e. The first-order chi connectivity index (χ1) is 7.99. The third-order valence-electron chi connectivity index (χ3n) is 2.47. The van der Waals surface area contributed by atoms with Gasteiger partial charge in [-0.2, -0.15) is 0 Å². The maximum absolute atomic E-state index is 11.5. The van der Waals surface area contributed by atoms with Gasteiger partial charge in [-0.05, 0) is 32.0 Å². The second-order valence-corrected chi connectivity index (χ2v) is 3.75. The van der Waals surface area contributed by atoms with Crippen LogP contribution in [0.25, 0.3) is 11.3 Å². The van der Waals surface area contributed by atoms with E-state index in [-0.39, 0.29) is 5.56 Å². The van der Waals surface area contributed by atoms with Crippen LogP contribution in [0.15, 0.2) is 27.4 Å². The molecule has 0 bridgehead atoms. The summed E-state index contributed by atoms with van der Waals surface area (Å²) < 4.78 is 5.35. The van der Waals surface area contributed by atoms with Gasteiger partial charge in [0.1, 0.15) is 17.1 Å². The standard InChI is InChI=1S/C12H11NO4/c1-6-5-9(7(2)17-6)10-4-3-8(12(15)16)11(14)13-10/h3-5H,1-2H3,(H,13,14)(H,15,16). The van der Waals surface area contributed by atoms with Crippen molar-refractivity contribution < 1.29 is 14.3 Å². The lowest BCUT2D eigenvalue weighted by Gasteiger charge is -2.00. The van der Waals surface area contributed by atoms with Crippen LogP contribution < -0.4 is 5.56 Å². The molecule has 0 spiro atoms. The number of aryl methyl sites for hydroxylation is 2. The van der Waals surface area contributed by atoms with E-state index in [1.54, 1.807) is 26.0 Å². The van der Waals surface area contributed by atoms with Gasteiger partial charge in [-0.1, -0.05) is 0 Å². The molecular weight excluding hydrogens is 222 g/mol. The van der Waals surface area contributed by atoms with Crippen molar-refractivity contribution in [3.8, 4) is 11.3 Å². The lowest BCUT2D eigenvalue weighted by Crippen LogP contribution is -2.17. The average Bonchev–Trinajstić information content (AvgIpc) is 2.57. The molecule has 0 atom stereocenters. The zero-order valence-corrected chi connectivity index (χ0v) is 9.40. The minimum absolute atomic E-state index is 0.272. The number of rotatable bonds is 2. The lowest BCUT2D eigenvalue weighted by atomic mass is 10.1. The Morgan fingerprint density at radius 2 is 2.06 bits per heavy atom. The highest BCUT2D eigenvalue weighted by Crippen LogP contribution is 2.23. The van der Waals surface area contributed by atoms with Crippen molar-refractivity contribution in [2.24, 2.45) is 0 Å². The Morgan fingerprint density at radius 3 is 2.53 bits per heavy atom. The second kappa shape index (κ2) is 3.93. The first kappa shape index (κ1) is 11.2. The van der Waals surface area contributed by atoms with Gasteiger partial charge in [-0.15, -0.1) is 0 Å². The molecule has 0 amide bonds. The number of aromatic carboxylic acids is 1. The van der Waals surface area contributed by atoms with E-state index in [4.69, 9.17) is 9.52 Å². The predicted molar refractivity (Wildman–Crippen MR) is 61.2 cm³/mol. The minimum Gasteiger partial charge on any atom is -0.477 e. The van der Waals surface area contributed by atoms with Crippen LogP contribution >= 0.6 is 0 Å². The Morgan fingerprint density at radius 1 is 1.35 bits per heavy atom. The number of H-pyrrole nitrogens is 1. The van der Waals surface area contributed by atoms with E-state index in [2.05, 4.69) is 4.98 Å². The number of aromatic nitrogens is 1. The topological polar surface area (TPSA) is 83.3 Å². The fourth-order valence-electron chi connectivity index (χ4n) is 1.70. The van der Waals surface area contributed by atoms with Crippen LogP contribution in [0.2, 0.25) is 0 Å². The fourth-order valence-corrected chi connectivity index (χ4v) is 1.70. The van der Waals surface area contributed by atoms with Gasteiger partial charge in [0, 0.05) is 5.56 Å². The number of carboxylic acid groups (broad SMARTS) is 1. The molecule has 2 aromatic heterocycles. The molecule has 0 unspecified atom stereocenters. The summed E-state index contributed by atoms with van der Waals surface area (Å²) in [6.45, 7) is 3.59. The third-order valence-corrected chi connectivity index (χ3v) is 2.47. The Hall–Kier alpha value is -2.30. The number of aromatic amines is 1. The Bertz CT molecular complexity index is 636. The molecule has 2 rings (SSSR count). The summed E-state index contributed by atoms with van der Waals surface area (Å²) in [6, 6.07) is 4.64. The third kappa shape index (κ3) is 1.99. The summed E-state index contributed by atoms with van der Waals surface area (Å²) >= 11 is 0. The second-order valence-electron chi connectivity index (χ2n) is 3.75. The number of carboxylic acids is 1. The van der Waals surface area contributed by atoms with Crippen molar-refractivity contribution in [2.75, 3.05) is 0 Å². The molecule has 88 valence electrons. The van der Waals surface area contributed by atoms with Crippen molar-refractivity contribution in [2.45, 2.75) is 13.8 Å². The molecule has 0 saturated heterocycles. The first-order valence-electron chi connectivity index (χ1n) is 5.03. The van der Waals surface area contributed by atoms with Crippen LogP contribution in [0.1, 0.15) is 21.9 Å². The molecule has 2 N–H and O–H groups in total. The molecule has 2 aromatic rings. The van der Waals surface area contributed by atoms with Crippen molar-refractivity contribution in [1.82, 2.24) is 4.98 Å². The number of furan rings is 1. The van der Waals surface area contributed by atoms with E-state index in [9.17, 15) is 9.59 Å². The summed E-state index contributed by atoms with van der Waals surface area (Å²) in [5.41, 5.74) is 0.422. The quantitative estimate of drug-likeness (QED) is 0.830.